The molecule has 0 radical (unpaired) electrons. The van der Waals surface area contributed by atoms with Crippen molar-refractivity contribution in [2.24, 2.45) is 5.92 Å². The predicted molar refractivity (Wildman–Crippen MR) is 63.8 cm³/mol. The van der Waals surface area contributed by atoms with E-state index < -0.39 is 11.8 Å². The van der Waals surface area contributed by atoms with Crippen molar-refractivity contribution in [2.75, 3.05) is 5.32 Å². The van der Waals surface area contributed by atoms with Gasteiger partial charge in [-0.2, -0.15) is 0 Å². The molecule has 0 aromatic heterocycles. The highest BCUT2D eigenvalue weighted by molar-refractivity contribution is 5.94. The Morgan fingerprint density at radius 1 is 1.59 bits per heavy atom. The van der Waals surface area contributed by atoms with Gasteiger partial charge in [0, 0.05) is 6.04 Å². The molecule has 3 nitrogen and oxygen atoms in total. The average molecular weight is 237 g/mol. The van der Waals surface area contributed by atoms with Gasteiger partial charge in [0.2, 0.25) is 0 Å². The van der Waals surface area contributed by atoms with Crippen molar-refractivity contribution in [1.82, 2.24) is 0 Å². The number of halogens is 1. The van der Waals surface area contributed by atoms with Gasteiger partial charge in [-0.25, -0.2) is 9.18 Å². The van der Waals surface area contributed by atoms with E-state index in [9.17, 15) is 9.18 Å². The number of carbonyl (C=O) groups is 1. The quantitative estimate of drug-likeness (QED) is 0.827. The van der Waals surface area contributed by atoms with Crippen LogP contribution in [0.1, 0.15) is 36.5 Å². The van der Waals surface area contributed by atoms with Gasteiger partial charge in [-0.1, -0.05) is 18.9 Å². The molecule has 0 amide bonds. The summed E-state index contributed by atoms with van der Waals surface area (Å²) in [5.74, 6) is -0.893. The van der Waals surface area contributed by atoms with Gasteiger partial charge in [-0.05, 0) is 31.4 Å². The lowest BCUT2D eigenvalue weighted by Gasteiger charge is -2.17. The van der Waals surface area contributed by atoms with Gasteiger partial charge in [0.1, 0.15) is 5.82 Å². The molecular formula is C13H16FNO2. The lowest BCUT2D eigenvalue weighted by molar-refractivity contribution is 0.0697. The molecule has 2 rings (SSSR count). The summed E-state index contributed by atoms with van der Waals surface area (Å²) in [7, 11) is 0. The molecule has 1 aliphatic rings. The van der Waals surface area contributed by atoms with Gasteiger partial charge < -0.3 is 10.4 Å². The molecule has 1 aliphatic carbocycles. The van der Waals surface area contributed by atoms with Crippen molar-refractivity contribution < 1.29 is 14.3 Å². The van der Waals surface area contributed by atoms with E-state index in [-0.39, 0.29) is 17.3 Å². The molecule has 1 atom stereocenters. The lowest BCUT2D eigenvalue weighted by atomic mass is 10.1. The van der Waals surface area contributed by atoms with Crippen LogP contribution in [0.2, 0.25) is 0 Å². The first-order valence-corrected chi connectivity index (χ1v) is 5.86. The Hall–Kier alpha value is -1.58. The molecule has 0 saturated heterocycles. The fourth-order valence-electron chi connectivity index (χ4n) is 2.01. The predicted octanol–water partition coefficient (Wildman–Crippen LogP) is 3.12. The normalized spacial score (nSPS) is 16.6. The number of benzene rings is 1. The van der Waals surface area contributed by atoms with Crippen molar-refractivity contribution >= 4 is 11.7 Å². The van der Waals surface area contributed by atoms with Crippen LogP contribution >= 0.6 is 0 Å². The molecule has 92 valence electrons. The highest BCUT2D eigenvalue weighted by Gasteiger charge is 2.24. The zero-order valence-corrected chi connectivity index (χ0v) is 9.74. The van der Waals surface area contributed by atoms with Crippen LogP contribution in [0.4, 0.5) is 10.1 Å². The Morgan fingerprint density at radius 2 is 2.29 bits per heavy atom. The van der Waals surface area contributed by atoms with Crippen LogP contribution in [-0.4, -0.2) is 17.1 Å². The molecule has 2 N–H and O–H groups in total. The molecule has 0 aliphatic heterocycles. The number of anilines is 1. The highest BCUT2D eigenvalue weighted by atomic mass is 19.1. The van der Waals surface area contributed by atoms with E-state index in [2.05, 4.69) is 5.32 Å². The standard InChI is InChI=1S/C13H16FNO2/c1-8(7-9-5-6-9)15-12-10(13(16)17)3-2-4-11(12)14/h2-4,8-9,15H,5-7H2,1H3,(H,16,17). The van der Waals surface area contributed by atoms with Crippen LogP contribution in [0.15, 0.2) is 18.2 Å². The molecule has 1 aromatic carbocycles. The molecule has 1 unspecified atom stereocenters. The molecule has 4 heteroatoms. The maximum absolute atomic E-state index is 13.6. The van der Waals surface area contributed by atoms with E-state index in [0.29, 0.717) is 0 Å². The van der Waals surface area contributed by atoms with E-state index >= 15 is 0 Å². The Kier molecular flexibility index (Phi) is 3.31. The molecule has 0 bridgehead atoms. The van der Waals surface area contributed by atoms with Gasteiger partial charge in [0.25, 0.3) is 0 Å². The summed E-state index contributed by atoms with van der Waals surface area (Å²) in [5, 5.41) is 12.0. The summed E-state index contributed by atoms with van der Waals surface area (Å²) in [6.07, 6.45) is 3.43. The first kappa shape index (κ1) is 11.9. The van der Waals surface area contributed by atoms with E-state index in [0.717, 1.165) is 12.3 Å². The Bertz CT molecular complexity index is 429. The van der Waals surface area contributed by atoms with Crippen molar-refractivity contribution in [2.45, 2.75) is 32.2 Å². The molecule has 0 heterocycles. The lowest BCUT2D eigenvalue weighted by Crippen LogP contribution is -2.19. The Labute approximate surface area is 99.7 Å². The fourth-order valence-corrected chi connectivity index (χ4v) is 2.01. The van der Waals surface area contributed by atoms with Crippen LogP contribution in [0, 0.1) is 11.7 Å². The van der Waals surface area contributed by atoms with Crippen LogP contribution < -0.4 is 5.32 Å². The van der Waals surface area contributed by atoms with E-state index in [1.165, 1.54) is 31.0 Å². The third kappa shape index (κ3) is 2.96. The molecule has 17 heavy (non-hydrogen) atoms. The third-order valence-electron chi connectivity index (χ3n) is 3.02. The van der Waals surface area contributed by atoms with Crippen LogP contribution in [-0.2, 0) is 0 Å². The maximum Gasteiger partial charge on any atom is 0.337 e. The van der Waals surface area contributed by atoms with Gasteiger partial charge in [0.05, 0.1) is 11.3 Å². The second kappa shape index (κ2) is 4.73. The smallest absolute Gasteiger partial charge is 0.337 e. The van der Waals surface area contributed by atoms with Gasteiger partial charge in [-0.3, -0.25) is 0 Å². The number of para-hydroxylation sites is 1. The van der Waals surface area contributed by atoms with Crippen molar-refractivity contribution in [3.8, 4) is 0 Å². The summed E-state index contributed by atoms with van der Waals surface area (Å²) in [6, 6.07) is 4.20. The summed E-state index contributed by atoms with van der Waals surface area (Å²) < 4.78 is 13.6. The Morgan fingerprint density at radius 3 is 2.88 bits per heavy atom. The number of nitrogens with one attached hydrogen (secondary N) is 1. The third-order valence-corrected chi connectivity index (χ3v) is 3.02. The monoisotopic (exact) mass is 237 g/mol. The van der Waals surface area contributed by atoms with Gasteiger partial charge in [-0.15, -0.1) is 0 Å². The number of hydrogen-bond donors (Lipinski definition) is 2. The summed E-state index contributed by atoms with van der Waals surface area (Å²) in [6.45, 7) is 1.95. The number of hydrogen-bond acceptors (Lipinski definition) is 2. The minimum Gasteiger partial charge on any atom is -0.478 e. The van der Waals surface area contributed by atoms with E-state index in [1.54, 1.807) is 0 Å². The summed E-state index contributed by atoms with van der Waals surface area (Å²) >= 11 is 0. The van der Waals surface area contributed by atoms with Crippen molar-refractivity contribution in [3.05, 3.63) is 29.6 Å². The zero-order valence-electron chi connectivity index (χ0n) is 9.74. The minimum absolute atomic E-state index is 0.00681. The first-order chi connectivity index (χ1) is 8.08. The van der Waals surface area contributed by atoms with Crippen LogP contribution in [0.25, 0.3) is 0 Å². The number of rotatable bonds is 5. The molecule has 1 fully saturated rings. The van der Waals surface area contributed by atoms with Gasteiger partial charge in [0.15, 0.2) is 0 Å². The fraction of sp³-hybridized carbons (Fsp3) is 0.462. The largest absolute Gasteiger partial charge is 0.478 e. The zero-order chi connectivity index (χ0) is 12.4. The highest BCUT2D eigenvalue weighted by Crippen LogP contribution is 2.34. The molecule has 1 saturated carbocycles. The summed E-state index contributed by atoms with van der Waals surface area (Å²) in [5.41, 5.74) is 0.0980. The summed E-state index contributed by atoms with van der Waals surface area (Å²) in [4.78, 5) is 11.0. The number of aromatic carboxylic acids is 1. The van der Waals surface area contributed by atoms with Crippen LogP contribution in [0.5, 0.6) is 0 Å². The maximum atomic E-state index is 13.6. The molecule has 1 aromatic rings. The SMILES string of the molecule is CC(CC1CC1)Nc1c(F)cccc1C(=O)O. The van der Waals surface area contributed by atoms with E-state index in [4.69, 9.17) is 5.11 Å². The minimum atomic E-state index is -1.11. The van der Waals surface area contributed by atoms with E-state index in [1.807, 2.05) is 6.92 Å². The Balaban J connectivity index is 2.14. The second-order valence-corrected chi connectivity index (χ2v) is 4.69. The second-order valence-electron chi connectivity index (χ2n) is 4.69. The first-order valence-electron chi connectivity index (χ1n) is 5.86. The topological polar surface area (TPSA) is 49.3 Å². The average Bonchev–Trinajstić information content (AvgIpc) is 3.04. The number of carboxylic acids is 1. The van der Waals surface area contributed by atoms with Crippen molar-refractivity contribution in [3.63, 3.8) is 0 Å². The van der Waals surface area contributed by atoms with Gasteiger partial charge >= 0.3 is 5.97 Å². The number of carboxylic acid groups (broad SMARTS) is 1. The van der Waals surface area contributed by atoms with Crippen LogP contribution in [0.3, 0.4) is 0 Å². The molecular weight excluding hydrogens is 221 g/mol. The van der Waals surface area contributed by atoms with Crippen molar-refractivity contribution in [1.29, 1.82) is 0 Å². The molecule has 0 spiro atoms.